The van der Waals surface area contributed by atoms with E-state index >= 15 is 0 Å². The summed E-state index contributed by atoms with van der Waals surface area (Å²) >= 11 is 0. The number of quaternary nitrogens is 1. The summed E-state index contributed by atoms with van der Waals surface area (Å²) in [5, 5.41) is 0. The Kier molecular flexibility index (Phi) is 1.77. The summed E-state index contributed by atoms with van der Waals surface area (Å²) in [6.07, 6.45) is 9.33. The summed E-state index contributed by atoms with van der Waals surface area (Å²) in [5.74, 6) is 1.10. The van der Waals surface area contributed by atoms with E-state index in [0.717, 1.165) is 21.2 Å². The second kappa shape index (κ2) is 2.71. The molecule has 0 aromatic rings. The van der Waals surface area contributed by atoms with E-state index in [1.54, 1.807) is 32.1 Å². The third-order valence-corrected chi connectivity index (χ3v) is 7.23. The van der Waals surface area contributed by atoms with Gasteiger partial charge in [0.1, 0.15) is 0 Å². The summed E-state index contributed by atoms with van der Waals surface area (Å²) in [7, 11) is 7.18. The molecular weight excluding hydrogens is 218 g/mol. The van der Waals surface area contributed by atoms with Crippen LogP contribution in [0.4, 0.5) is 0 Å². The maximum Gasteiger partial charge on any atom is 0.0838 e. The highest BCUT2D eigenvalue weighted by Gasteiger charge is 2.78. The van der Waals surface area contributed by atoms with Gasteiger partial charge in [-0.3, -0.25) is 0 Å². The highest BCUT2D eigenvalue weighted by atomic mass is 15.3. The number of fused-ring (bicyclic) bond motifs is 2. The van der Waals surface area contributed by atoms with Gasteiger partial charge in [0.05, 0.1) is 27.7 Å². The quantitative estimate of drug-likeness (QED) is 0.654. The van der Waals surface area contributed by atoms with Crippen LogP contribution in [0.2, 0.25) is 0 Å². The van der Waals surface area contributed by atoms with E-state index in [-0.39, 0.29) is 0 Å². The molecule has 0 aromatic carbocycles. The molecule has 0 radical (unpaired) electrons. The lowest BCUT2D eigenvalue weighted by molar-refractivity contribution is -0.877. The van der Waals surface area contributed by atoms with Gasteiger partial charge in [0.25, 0.3) is 0 Å². The molecule has 0 heterocycles. The van der Waals surface area contributed by atoms with Crippen LogP contribution in [-0.4, -0.2) is 32.2 Å². The Morgan fingerprint density at radius 2 is 1.67 bits per heavy atom. The number of hydrogen-bond donors (Lipinski definition) is 0. The normalized spacial score (nSPS) is 60.8. The lowest BCUT2D eigenvalue weighted by atomic mass is 9.47. The van der Waals surface area contributed by atoms with Gasteiger partial charge in [-0.2, -0.15) is 0 Å². The molecule has 0 aromatic heterocycles. The molecule has 4 aliphatic rings. The van der Waals surface area contributed by atoms with Crippen LogP contribution in [0.1, 0.15) is 52.4 Å². The van der Waals surface area contributed by atoms with E-state index in [9.17, 15) is 0 Å². The number of nitrogens with zero attached hydrogens (tertiary/aromatic N) is 1. The Morgan fingerprint density at radius 1 is 0.944 bits per heavy atom. The van der Waals surface area contributed by atoms with E-state index < -0.39 is 0 Å². The SMILES string of the molecule is CC12CC3CC4(C)CC(C[N+](C)(C)C)(C1)CC34C2. The molecule has 5 unspecified atom stereocenters. The molecule has 1 nitrogen and oxygen atoms in total. The molecule has 1 heteroatoms. The molecule has 4 fully saturated rings. The summed E-state index contributed by atoms with van der Waals surface area (Å²) in [6.45, 7) is 6.66. The standard InChI is InChI=1S/C17H30N/c1-14-6-13-7-15(2)10-16(8-14,12-18(3,4)5)11-17(13,15)9-14/h13H,6-12H2,1-5H3/q+1. The molecule has 0 N–H and O–H groups in total. The smallest absolute Gasteiger partial charge is 0.0838 e. The van der Waals surface area contributed by atoms with Crippen LogP contribution < -0.4 is 0 Å². The van der Waals surface area contributed by atoms with E-state index in [1.807, 2.05) is 0 Å². The average molecular weight is 248 g/mol. The second-order valence-electron chi connectivity index (χ2n) is 10.3. The first kappa shape index (κ1) is 11.8. The lowest BCUT2D eigenvalue weighted by Crippen LogP contribution is -2.50. The Labute approximate surface area is 113 Å². The largest absolute Gasteiger partial charge is 0.330 e. The topological polar surface area (TPSA) is 0 Å². The highest BCUT2D eigenvalue weighted by Crippen LogP contribution is 2.86. The van der Waals surface area contributed by atoms with Crippen molar-refractivity contribution in [3.8, 4) is 0 Å². The summed E-state index contributed by atoms with van der Waals surface area (Å²) < 4.78 is 1.16. The van der Waals surface area contributed by atoms with Gasteiger partial charge in [0.2, 0.25) is 0 Å². The van der Waals surface area contributed by atoms with Gasteiger partial charge in [-0.1, -0.05) is 13.8 Å². The Balaban J connectivity index is 1.77. The fourth-order valence-corrected chi connectivity index (χ4v) is 7.92. The number of rotatable bonds is 2. The molecule has 5 atom stereocenters. The molecule has 4 aliphatic carbocycles. The molecule has 102 valence electrons. The van der Waals surface area contributed by atoms with E-state index in [4.69, 9.17) is 0 Å². The summed E-state index contributed by atoms with van der Waals surface area (Å²) in [5.41, 5.74) is 2.90. The predicted octanol–water partition coefficient (Wildman–Crippen LogP) is 3.69. The van der Waals surface area contributed by atoms with E-state index in [0.29, 0.717) is 10.8 Å². The molecule has 3 bridgehead atoms. The van der Waals surface area contributed by atoms with Crippen molar-refractivity contribution in [3.05, 3.63) is 0 Å². The van der Waals surface area contributed by atoms with Crippen LogP contribution >= 0.6 is 0 Å². The van der Waals surface area contributed by atoms with Crippen LogP contribution in [0.25, 0.3) is 0 Å². The minimum absolute atomic E-state index is 0.686. The first-order chi connectivity index (χ1) is 8.10. The molecule has 0 amide bonds. The Hall–Kier alpha value is -0.0400. The third kappa shape index (κ3) is 1.18. The zero-order valence-corrected chi connectivity index (χ0v) is 13.0. The fourth-order valence-electron chi connectivity index (χ4n) is 7.92. The first-order valence-corrected chi connectivity index (χ1v) is 7.90. The van der Waals surface area contributed by atoms with Crippen molar-refractivity contribution in [3.63, 3.8) is 0 Å². The van der Waals surface area contributed by atoms with E-state index in [2.05, 4.69) is 35.0 Å². The average Bonchev–Trinajstić information content (AvgIpc) is 2.34. The first-order valence-electron chi connectivity index (χ1n) is 7.90. The van der Waals surface area contributed by atoms with E-state index in [1.165, 1.54) is 13.0 Å². The predicted molar refractivity (Wildman–Crippen MR) is 75.2 cm³/mol. The second-order valence-corrected chi connectivity index (χ2v) is 10.3. The lowest BCUT2D eigenvalue weighted by Gasteiger charge is -2.57. The highest BCUT2D eigenvalue weighted by molar-refractivity contribution is 5.27. The zero-order chi connectivity index (χ0) is 13.0. The minimum Gasteiger partial charge on any atom is -0.330 e. The van der Waals surface area contributed by atoms with Crippen molar-refractivity contribution in [2.24, 2.45) is 27.6 Å². The zero-order valence-electron chi connectivity index (χ0n) is 13.0. The number of hydrogen-bond acceptors (Lipinski definition) is 0. The fraction of sp³-hybridized carbons (Fsp3) is 1.00. The molecule has 0 aliphatic heterocycles. The van der Waals surface area contributed by atoms with Gasteiger partial charge in [-0.15, -0.1) is 0 Å². The van der Waals surface area contributed by atoms with Crippen molar-refractivity contribution in [1.29, 1.82) is 0 Å². The van der Waals surface area contributed by atoms with Gasteiger partial charge in [-0.05, 0) is 60.7 Å². The monoisotopic (exact) mass is 248 g/mol. The summed E-state index contributed by atoms with van der Waals surface area (Å²) in [6, 6.07) is 0. The van der Waals surface area contributed by atoms with Gasteiger partial charge in [0.15, 0.2) is 0 Å². The van der Waals surface area contributed by atoms with Crippen molar-refractivity contribution in [2.75, 3.05) is 27.7 Å². The molecule has 18 heavy (non-hydrogen) atoms. The van der Waals surface area contributed by atoms with Crippen LogP contribution in [-0.2, 0) is 0 Å². The molecule has 0 saturated heterocycles. The van der Waals surface area contributed by atoms with Crippen LogP contribution in [0, 0.1) is 27.6 Å². The van der Waals surface area contributed by atoms with Crippen molar-refractivity contribution in [2.45, 2.75) is 52.4 Å². The van der Waals surface area contributed by atoms with Gasteiger partial charge < -0.3 is 4.48 Å². The maximum absolute atomic E-state index is 2.64. The minimum atomic E-state index is 0.686. The molecule has 4 saturated carbocycles. The van der Waals surface area contributed by atoms with Crippen molar-refractivity contribution >= 4 is 0 Å². The van der Waals surface area contributed by atoms with Gasteiger partial charge in [0, 0.05) is 5.41 Å². The molecule has 1 spiro atoms. The van der Waals surface area contributed by atoms with Crippen LogP contribution in [0.15, 0.2) is 0 Å². The molecular formula is C17H30N+. The van der Waals surface area contributed by atoms with Gasteiger partial charge >= 0.3 is 0 Å². The van der Waals surface area contributed by atoms with Crippen molar-refractivity contribution < 1.29 is 4.48 Å². The third-order valence-electron chi connectivity index (χ3n) is 7.23. The van der Waals surface area contributed by atoms with Crippen LogP contribution in [0.3, 0.4) is 0 Å². The van der Waals surface area contributed by atoms with Crippen molar-refractivity contribution in [1.82, 2.24) is 0 Å². The Bertz CT molecular complexity index is 418. The van der Waals surface area contributed by atoms with Crippen LogP contribution in [0.5, 0.6) is 0 Å². The van der Waals surface area contributed by atoms with Gasteiger partial charge in [-0.25, -0.2) is 0 Å². The Morgan fingerprint density at radius 3 is 2.33 bits per heavy atom. The maximum atomic E-state index is 2.64. The molecule has 4 rings (SSSR count). The summed E-state index contributed by atoms with van der Waals surface area (Å²) in [4.78, 5) is 0.